The van der Waals surface area contributed by atoms with E-state index in [1.807, 2.05) is 24.0 Å². The maximum absolute atomic E-state index is 9.51. The molecule has 1 N–H and O–H groups in total. The molecule has 3 heteroatoms. The Morgan fingerprint density at radius 1 is 1.38 bits per heavy atom. The summed E-state index contributed by atoms with van der Waals surface area (Å²) in [6.45, 7) is 3.78. The van der Waals surface area contributed by atoms with Crippen LogP contribution in [0.1, 0.15) is 52.4 Å². The molecule has 1 saturated carbocycles. The molecule has 0 spiro atoms. The fourth-order valence-corrected chi connectivity index (χ4v) is 3.44. The molecule has 1 rings (SSSR count). The van der Waals surface area contributed by atoms with Crippen LogP contribution in [-0.4, -0.2) is 15.5 Å². The van der Waals surface area contributed by atoms with Crippen molar-refractivity contribution in [1.29, 1.82) is 0 Å². The Morgan fingerprint density at radius 2 is 2.00 bits per heavy atom. The Kier molecular flexibility index (Phi) is 4.14. The van der Waals surface area contributed by atoms with Gasteiger partial charge in [-0.25, -0.2) is 0 Å². The van der Waals surface area contributed by atoms with Crippen LogP contribution in [0.4, 0.5) is 0 Å². The second kappa shape index (κ2) is 4.54. The molecule has 1 aliphatic rings. The van der Waals surface area contributed by atoms with E-state index in [0.29, 0.717) is 4.75 Å². The summed E-state index contributed by atoms with van der Waals surface area (Å²) in [5.74, 6) is 0. The van der Waals surface area contributed by atoms with Crippen molar-refractivity contribution in [3.63, 3.8) is 0 Å². The third-order valence-corrected chi connectivity index (χ3v) is 5.64. The minimum Gasteiger partial charge on any atom is -0.390 e. The summed E-state index contributed by atoms with van der Waals surface area (Å²) in [5, 5.41) is 9.51. The maximum Gasteiger partial charge on any atom is 0.0591 e. The van der Waals surface area contributed by atoms with E-state index in [2.05, 4.69) is 14.8 Å². The van der Waals surface area contributed by atoms with Gasteiger partial charge in [0.25, 0.3) is 0 Å². The highest BCUT2D eigenvalue weighted by Crippen LogP contribution is 2.54. The minimum absolute atomic E-state index is 0.474. The smallest absolute Gasteiger partial charge is 0.0591 e. The summed E-state index contributed by atoms with van der Waals surface area (Å²) in [7, 11) is 1.85. The van der Waals surface area contributed by atoms with Gasteiger partial charge in [-0.1, -0.05) is 23.0 Å². The van der Waals surface area contributed by atoms with Crippen molar-refractivity contribution in [2.24, 2.45) is 0 Å². The van der Waals surface area contributed by atoms with E-state index in [1.54, 1.807) is 0 Å². The van der Waals surface area contributed by atoms with E-state index in [9.17, 15) is 5.11 Å². The second-order valence-electron chi connectivity index (χ2n) is 4.78. The van der Waals surface area contributed by atoms with Gasteiger partial charge in [-0.05, 0) is 54.3 Å². The van der Waals surface area contributed by atoms with Crippen molar-refractivity contribution in [3.8, 4) is 0 Å². The molecular formula is C10H19BrOS. The van der Waals surface area contributed by atoms with Gasteiger partial charge in [0.05, 0.1) is 5.60 Å². The molecule has 1 fully saturated rings. The van der Waals surface area contributed by atoms with Crippen LogP contribution in [-0.2, 0) is 0 Å². The molecule has 0 atom stereocenters. The molecule has 13 heavy (non-hydrogen) atoms. The van der Waals surface area contributed by atoms with Crippen LogP contribution >= 0.6 is 25.0 Å². The molecule has 78 valence electrons. The van der Waals surface area contributed by atoms with Crippen LogP contribution in [0.5, 0.6) is 0 Å². The molecule has 0 saturated heterocycles. The molecule has 0 aliphatic heterocycles. The maximum atomic E-state index is 9.51. The zero-order valence-corrected chi connectivity index (χ0v) is 10.9. The highest BCUT2D eigenvalue weighted by molar-refractivity contribution is 9.50. The Labute approximate surface area is 92.9 Å². The van der Waals surface area contributed by atoms with Crippen molar-refractivity contribution < 1.29 is 5.11 Å². The fraction of sp³-hybridized carbons (Fsp3) is 1.00. The van der Waals surface area contributed by atoms with Gasteiger partial charge in [-0.3, -0.25) is 0 Å². The summed E-state index contributed by atoms with van der Waals surface area (Å²) in [6.07, 6.45) is 7.37. The number of unbranched alkanes of at least 4 members (excludes halogenated alkanes) is 1. The van der Waals surface area contributed by atoms with Crippen molar-refractivity contribution in [2.75, 3.05) is 0 Å². The lowest BCUT2D eigenvalue weighted by Crippen LogP contribution is -2.18. The van der Waals surface area contributed by atoms with E-state index in [-0.39, 0.29) is 0 Å². The van der Waals surface area contributed by atoms with Gasteiger partial charge in [0.2, 0.25) is 0 Å². The molecule has 0 aromatic rings. The summed E-state index contributed by atoms with van der Waals surface area (Å²) in [5.41, 5.74) is -0.474. The largest absolute Gasteiger partial charge is 0.390 e. The van der Waals surface area contributed by atoms with Gasteiger partial charge in [0, 0.05) is 4.75 Å². The van der Waals surface area contributed by atoms with E-state index in [4.69, 9.17) is 0 Å². The topological polar surface area (TPSA) is 20.2 Å². The number of rotatable bonds is 6. The predicted molar refractivity (Wildman–Crippen MR) is 63.2 cm³/mol. The fourth-order valence-electron chi connectivity index (χ4n) is 1.51. The molecule has 0 amide bonds. The van der Waals surface area contributed by atoms with Gasteiger partial charge in [-0.15, -0.1) is 0 Å². The quantitative estimate of drug-likeness (QED) is 0.737. The monoisotopic (exact) mass is 266 g/mol. The van der Waals surface area contributed by atoms with Gasteiger partial charge in [0.1, 0.15) is 0 Å². The third kappa shape index (κ3) is 4.71. The molecule has 0 aromatic carbocycles. The average Bonchev–Trinajstić information content (AvgIpc) is 2.78. The van der Waals surface area contributed by atoms with Crippen molar-refractivity contribution >= 4 is 25.0 Å². The van der Waals surface area contributed by atoms with E-state index >= 15 is 0 Å². The van der Waals surface area contributed by atoms with E-state index in [0.717, 1.165) is 12.8 Å². The summed E-state index contributed by atoms with van der Waals surface area (Å²) in [6, 6.07) is 0. The van der Waals surface area contributed by atoms with Crippen LogP contribution < -0.4 is 0 Å². The number of hydrogen-bond donors (Lipinski definition) is 1. The zero-order chi connectivity index (χ0) is 9.95. The van der Waals surface area contributed by atoms with Crippen LogP contribution in [0.3, 0.4) is 0 Å². The number of hydrogen-bond acceptors (Lipinski definition) is 2. The van der Waals surface area contributed by atoms with E-state index < -0.39 is 5.60 Å². The summed E-state index contributed by atoms with van der Waals surface area (Å²) in [4.78, 5) is 0. The lowest BCUT2D eigenvalue weighted by Gasteiger charge is -2.17. The first kappa shape index (κ1) is 11.9. The molecule has 0 aromatic heterocycles. The first-order valence-corrected chi connectivity index (χ1v) is 7.66. The lowest BCUT2D eigenvalue weighted by molar-refractivity contribution is 0.0680. The van der Waals surface area contributed by atoms with Gasteiger partial charge in [0.15, 0.2) is 0 Å². The Morgan fingerprint density at radius 3 is 2.38 bits per heavy atom. The molecular weight excluding hydrogens is 248 g/mol. The lowest BCUT2D eigenvalue weighted by atomic mass is 10.00. The second-order valence-corrected chi connectivity index (χ2v) is 6.77. The molecule has 1 aliphatic carbocycles. The van der Waals surface area contributed by atoms with Gasteiger partial charge in [-0.2, -0.15) is 0 Å². The summed E-state index contributed by atoms with van der Waals surface area (Å²) >= 11 is 3.49. The molecule has 0 unspecified atom stereocenters. The van der Waals surface area contributed by atoms with E-state index in [1.165, 1.54) is 25.7 Å². The molecule has 0 heterocycles. The minimum atomic E-state index is -0.474. The van der Waals surface area contributed by atoms with Gasteiger partial charge >= 0.3 is 0 Å². The average molecular weight is 267 g/mol. The normalized spacial score (nSPS) is 20.3. The number of halogens is 1. The Hall–Kier alpha value is 0.790. The predicted octanol–water partition coefficient (Wildman–Crippen LogP) is 3.89. The summed E-state index contributed by atoms with van der Waals surface area (Å²) < 4.78 is 0.569. The first-order valence-electron chi connectivity index (χ1n) is 5.00. The van der Waals surface area contributed by atoms with Crippen LogP contribution in [0.25, 0.3) is 0 Å². The Balaban J connectivity index is 2.02. The SMILES string of the molecule is CC(C)(O)CCCCC1(SBr)CC1. The van der Waals surface area contributed by atoms with Crippen LogP contribution in [0.15, 0.2) is 0 Å². The molecule has 1 nitrogen and oxygen atoms in total. The van der Waals surface area contributed by atoms with Crippen molar-refractivity contribution in [2.45, 2.75) is 62.7 Å². The molecule has 0 bridgehead atoms. The first-order chi connectivity index (χ1) is 5.97. The van der Waals surface area contributed by atoms with Gasteiger partial charge < -0.3 is 5.11 Å². The zero-order valence-electron chi connectivity index (χ0n) is 8.48. The van der Waals surface area contributed by atoms with Crippen LogP contribution in [0, 0.1) is 0 Å². The van der Waals surface area contributed by atoms with Crippen molar-refractivity contribution in [3.05, 3.63) is 0 Å². The standard InChI is InChI=1S/C10H19BrOS/c1-9(2,12)5-3-4-6-10(13-11)7-8-10/h12H,3-8H2,1-2H3. The number of aliphatic hydroxyl groups is 1. The van der Waals surface area contributed by atoms with Crippen LogP contribution in [0.2, 0.25) is 0 Å². The Bertz CT molecular complexity index is 161. The molecule has 0 radical (unpaired) electrons. The highest BCUT2D eigenvalue weighted by atomic mass is 79.9. The highest BCUT2D eigenvalue weighted by Gasteiger charge is 2.41. The van der Waals surface area contributed by atoms with Crippen molar-refractivity contribution in [1.82, 2.24) is 0 Å². The third-order valence-electron chi connectivity index (χ3n) is 2.64.